The summed E-state index contributed by atoms with van der Waals surface area (Å²) < 4.78 is 1.54. The number of nitrogens with one attached hydrogen (secondary N) is 3. The maximum Gasteiger partial charge on any atom is 0.319 e. The summed E-state index contributed by atoms with van der Waals surface area (Å²) in [5, 5.41) is 14.2. The summed E-state index contributed by atoms with van der Waals surface area (Å²) in [7, 11) is 0. The molecule has 0 bridgehead atoms. The highest BCUT2D eigenvalue weighted by Gasteiger charge is 2.12. The quantitative estimate of drug-likeness (QED) is 0.343. The van der Waals surface area contributed by atoms with Crippen LogP contribution in [0.3, 0.4) is 0 Å². The molecule has 2 aromatic heterocycles. The van der Waals surface area contributed by atoms with Gasteiger partial charge in [-0.2, -0.15) is 10.1 Å². The zero-order valence-electron chi connectivity index (χ0n) is 17.0. The van der Waals surface area contributed by atoms with Crippen LogP contribution in [0.2, 0.25) is 10.0 Å². The molecule has 4 aromatic rings. The monoisotopic (exact) mass is 467 g/mol. The van der Waals surface area contributed by atoms with Crippen LogP contribution in [0.4, 0.5) is 22.1 Å². The van der Waals surface area contributed by atoms with Crippen molar-refractivity contribution < 1.29 is 4.79 Å². The van der Waals surface area contributed by atoms with Gasteiger partial charge in [-0.1, -0.05) is 47.5 Å². The van der Waals surface area contributed by atoms with Gasteiger partial charge in [-0.15, -0.1) is 0 Å². The first-order chi connectivity index (χ1) is 15.5. The van der Waals surface area contributed by atoms with Crippen LogP contribution in [0, 0.1) is 0 Å². The minimum Gasteiger partial charge on any atom is -0.331 e. The van der Waals surface area contributed by atoms with Gasteiger partial charge in [-0.05, 0) is 36.8 Å². The van der Waals surface area contributed by atoms with Gasteiger partial charge in [0.05, 0.1) is 34.8 Å². The Bertz CT molecular complexity index is 1240. The molecule has 2 heterocycles. The highest BCUT2D eigenvalue weighted by Crippen LogP contribution is 2.23. The van der Waals surface area contributed by atoms with Crippen molar-refractivity contribution in [1.82, 2.24) is 25.1 Å². The van der Waals surface area contributed by atoms with Crippen molar-refractivity contribution in [3.05, 3.63) is 88.8 Å². The Morgan fingerprint density at radius 3 is 2.75 bits per heavy atom. The highest BCUT2D eigenvalue weighted by molar-refractivity contribution is 6.33. The Kier molecular flexibility index (Phi) is 6.53. The number of halogens is 2. The lowest BCUT2D eigenvalue weighted by Crippen LogP contribution is -2.31. The van der Waals surface area contributed by atoms with Gasteiger partial charge in [0.1, 0.15) is 0 Å². The van der Waals surface area contributed by atoms with Crippen LogP contribution < -0.4 is 16.0 Å². The lowest BCUT2D eigenvalue weighted by atomic mass is 10.1. The molecule has 3 N–H and O–H groups in total. The summed E-state index contributed by atoms with van der Waals surface area (Å²) in [6, 6.07) is 15.8. The normalized spacial score (nSPS) is 11.6. The first-order valence-corrected chi connectivity index (χ1v) is 10.5. The van der Waals surface area contributed by atoms with Gasteiger partial charge in [0.25, 0.3) is 0 Å². The Morgan fingerprint density at radius 1 is 1.09 bits per heavy atom. The number of urea groups is 1. The highest BCUT2D eigenvalue weighted by atomic mass is 35.5. The molecule has 162 valence electrons. The minimum absolute atomic E-state index is 0.218. The van der Waals surface area contributed by atoms with E-state index in [1.54, 1.807) is 30.6 Å². The zero-order chi connectivity index (χ0) is 22.5. The summed E-state index contributed by atoms with van der Waals surface area (Å²) in [5.41, 5.74) is 2.11. The summed E-state index contributed by atoms with van der Waals surface area (Å²) in [6.45, 7) is 1.88. The van der Waals surface area contributed by atoms with E-state index in [1.165, 1.54) is 10.9 Å². The third-order valence-corrected chi connectivity index (χ3v) is 5.10. The number of nitrogens with zero attached hydrogens (tertiary/aromatic N) is 4. The van der Waals surface area contributed by atoms with Crippen LogP contribution in [-0.4, -0.2) is 25.8 Å². The van der Waals surface area contributed by atoms with E-state index >= 15 is 0 Å². The first kappa shape index (κ1) is 21.6. The van der Waals surface area contributed by atoms with Crippen molar-refractivity contribution in [1.29, 1.82) is 0 Å². The SMILES string of the molecule is C[C@@H](NC(=O)Nc1cnn(-c2ccnc(Nc3ccccc3Cl)n2)c1)c1cccc(Cl)c1. The Hall–Kier alpha value is -3.62. The Balaban J connectivity index is 1.41. The van der Waals surface area contributed by atoms with Crippen molar-refractivity contribution in [2.75, 3.05) is 10.6 Å². The fraction of sp³-hybridized carbons (Fsp3) is 0.0909. The predicted octanol–water partition coefficient (Wildman–Crippen LogP) is 5.60. The van der Waals surface area contributed by atoms with Crippen LogP contribution in [0.5, 0.6) is 0 Å². The molecule has 2 aromatic carbocycles. The van der Waals surface area contributed by atoms with Crippen molar-refractivity contribution in [3.63, 3.8) is 0 Å². The summed E-state index contributed by atoms with van der Waals surface area (Å²) in [4.78, 5) is 21.0. The molecule has 4 rings (SSSR count). The molecule has 0 saturated carbocycles. The molecule has 0 aliphatic carbocycles. The number of para-hydroxylation sites is 1. The molecular weight excluding hydrogens is 449 g/mol. The lowest BCUT2D eigenvalue weighted by molar-refractivity contribution is 0.249. The van der Waals surface area contributed by atoms with Gasteiger partial charge in [0, 0.05) is 17.3 Å². The number of benzene rings is 2. The third kappa shape index (κ3) is 5.35. The second-order valence-corrected chi connectivity index (χ2v) is 7.74. The van der Waals surface area contributed by atoms with Crippen LogP contribution in [0.15, 0.2) is 73.2 Å². The summed E-state index contributed by atoms with van der Waals surface area (Å²) >= 11 is 12.2. The van der Waals surface area contributed by atoms with Gasteiger partial charge in [0.15, 0.2) is 5.82 Å². The van der Waals surface area contributed by atoms with Crippen LogP contribution in [0.1, 0.15) is 18.5 Å². The molecular formula is C22H19Cl2N7O. The molecule has 0 saturated heterocycles. The standard InChI is InChI=1S/C22H19Cl2N7O/c1-14(15-5-4-6-16(23)11-15)27-22(32)28-17-12-26-31(13-17)20-9-10-25-21(30-20)29-19-8-3-2-7-18(19)24/h2-14H,1H3,(H,25,29,30)(H2,27,28,32)/t14-/m1/s1. The molecule has 10 heteroatoms. The van der Waals surface area contributed by atoms with E-state index in [2.05, 4.69) is 31.0 Å². The van der Waals surface area contributed by atoms with Gasteiger partial charge in [0.2, 0.25) is 5.95 Å². The van der Waals surface area contributed by atoms with Gasteiger partial charge in [-0.25, -0.2) is 14.5 Å². The number of carbonyl (C=O) groups excluding carboxylic acids is 1. The minimum atomic E-state index is -0.360. The van der Waals surface area contributed by atoms with Crippen molar-refractivity contribution in [2.45, 2.75) is 13.0 Å². The van der Waals surface area contributed by atoms with E-state index in [0.717, 1.165) is 5.56 Å². The second-order valence-electron chi connectivity index (χ2n) is 6.89. The van der Waals surface area contributed by atoms with E-state index < -0.39 is 0 Å². The van der Waals surface area contributed by atoms with Gasteiger partial charge >= 0.3 is 6.03 Å². The van der Waals surface area contributed by atoms with E-state index in [9.17, 15) is 4.79 Å². The molecule has 32 heavy (non-hydrogen) atoms. The average Bonchev–Trinajstić information content (AvgIpc) is 3.24. The van der Waals surface area contributed by atoms with Crippen LogP contribution in [-0.2, 0) is 0 Å². The molecule has 0 spiro atoms. The zero-order valence-corrected chi connectivity index (χ0v) is 18.5. The largest absolute Gasteiger partial charge is 0.331 e. The number of carbonyl (C=O) groups is 1. The summed E-state index contributed by atoms with van der Waals surface area (Å²) in [6.07, 6.45) is 4.80. The van der Waals surface area contributed by atoms with Crippen LogP contribution >= 0.6 is 23.2 Å². The fourth-order valence-electron chi connectivity index (χ4n) is 2.96. The second kappa shape index (κ2) is 9.67. The smallest absolute Gasteiger partial charge is 0.319 e. The fourth-order valence-corrected chi connectivity index (χ4v) is 3.34. The molecule has 0 radical (unpaired) electrons. The van der Waals surface area contributed by atoms with E-state index in [0.29, 0.717) is 33.2 Å². The molecule has 0 fully saturated rings. The molecule has 0 aliphatic rings. The van der Waals surface area contributed by atoms with Gasteiger partial charge < -0.3 is 16.0 Å². The maximum atomic E-state index is 12.4. The van der Waals surface area contributed by atoms with E-state index in [-0.39, 0.29) is 12.1 Å². The predicted molar refractivity (Wildman–Crippen MR) is 126 cm³/mol. The molecule has 0 unspecified atom stereocenters. The topological polar surface area (TPSA) is 96.8 Å². The lowest BCUT2D eigenvalue weighted by Gasteiger charge is -2.14. The molecule has 2 amide bonds. The number of rotatable bonds is 6. The number of anilines is 3. The average molecular weight is 468 g/mol. The molecule has 0 aliphatic heterocycles. The number of hydrogen-bond acceptors (Lipinski definition) is 5. The molecule has 8 nitrogen and oxygen atoms in total. The van der Waals surface area contributed by atoms with Crippen molar-refractivity contribution in [2.24, 2.45) is 0 Å². The van der Waals surface area contributed by atoms with E-state index in [4.69, 9.17) is 23.2 Å². The number of amides is 2. The van der Waals surface area contributed by atoms with Crippen molar-refractivity contribution in [3.8, 4) is 5.82 Å². The Labute approximate surface area is 194 Å². The maximum absolute atomic E-state index is 12.4. The number of hydrogen-bond donors (Lipinski definition) is 3. The van der Waals surface area contributed by atoms with E-state index in [1.807, 2.05) is 43.3 Å². The molecule has 1 atom stereocenters. The van der Waals surface area contributed by atoms with Crippen molar-refractivity contribution >= 4 is 46.6 Å². The van der Waals surface area contributed by atoms with Crippen LogP contribution in [0.25, 0.3) is 5.82 Å². The third-order valence-electron chi connectivity index (χ3n) is 4.53. The van der Waals surface area contributed by atoms with Gasteiger partial charge in [-0.3, -0.25) is 0 Å². The number of aromatic nitrogens is 4. The Morgan fingerprint density at radius 2 is 1.94 bits per heavy atom. The summed E-state index contributed by atoms with van der Waals surface area (Å²) in [5.74, 6) is 0.893. The first-order valence-electron chi connectivity index (χ1n) is 9.70.